The van der Waals surface area contributed by atoms with E-state index >= 15 is 0 Å². The van der Waals surface area contributed by atoms with E-state index < -0.39 is 23.7 Å². The van der Waals surface area contributed by atoms with Crippen LogP contribution in [0.4, 0.5) is 13.2 Å². The Morgan fingerprint density at radius 1 is 1.46 bits per heavy atom. The molecule has 0 amide bonds. The second-order valence-electron chi connectivity index (χ2n) is 2.14. The Hall–Kier alpha value is -1.10. The van der Waals surface area contributed by atoms with Crippen molar-refractivity contribution in [2.24, 2.45) is 0 Å². The van der Waals surface area contributed by atoms with Crippen molar-refractivity contribution in [2.45, 2.75) is 6.43 Å². The van der Waals surface area contributed by atoms with Gasteiger partial charge < -0.3 is 0 Å². The minimum atomic E-state index is -3.24. The summed E-state index contributed by atoms with van der Waals surface area (Å²) in [6.07, 6.45) is -3.24. The average molecular weight is 210 g/mol. The Bertz CT molecular complexity index is 343. The molecule has 0 saturated heterocycles. The lowest BCUT2D eigenvalue weighted by Crippen LogP contribution is -2.13. The van der Waals surface area contributed by atoms with Gasteiger partial charge in [0.1, 0.15) is 5.15 Å². The Labute approximate surface area is 76.3 Å². The number of carbonyl (C=O) groups excluding carboxylic acids is 1. The van der Waals surface area contributed by atoms with Crippen LogP contribution >= 0.6 is 11.6 Å². The van der Waals surface area contributed by atoms with E-state index in [1.807, 2.05) is 0 Å². The number of ketones is 1. The van der Waals surface area contributed by atoms with Gasteiger partial charge in [0.25, 0.3) is 0 Å². The van der Waals surface area contributed by atoms with Crippen molar-refractivity contribution >= 4 is 17.4 Å². The van der Waals surface area contributed by atoms with E-state index in [1.54, 1.807) is 0 Å². The molecule has 0 fully saturated rings. The van der Waals surface area contributed by atoms with Gasteiger partial charge in [-0.2, -0.15) is 4.39 Å². The number of Topliss-reactive ketones (excluding diaryl/α,β-unsaturated/α-hetero) is 1. The molecule has 6 heteroatoms. The van der Waals surface area contributed by atoms with Gasteiger partial charge in [-0.05, 0) is 12.1 Å². The monoisotopic (exact) mass is 209 g/mol. The molecule has 0 aliphatic heterocycles. The topological polar surface area (TPSA) is 30.0 Å². The van der Waals surface area contributed by atoms with Crippen molar-refractivity contribution in [3.63, 3.8) is 0 Å². The van der Waals surface area contributed by atoms with E-state index in [0.717, 1.165) is 12.1 Å². The summed E-state index contributed by atoms with van der Waals surface area (Å²) < 4.78 is 36.3. The normalized spacial score (nSPS) is 10.5. The van der Waals surface area contributed by atoms with E-state index in [9.17, 15) is 18.0 Å². The minimum Gasteiger partial charge on any atom is -0.288 e. The highest BCUT2D eigenvalue weighted by molar-refractivity contribution is 6.29. The quantitative estimate of drug-likeness (QED) is 0.553. The summed E-state index contributed by atoms with van der Waals surface area (Å²) >= 11 is 5.25. The maximum atomic E-state index is 12.7. The van der Waals surface area contributed by atoms with Crippen LogP contribution in [0.5, 0.6) is 0 Å². The molecule has 0 aliphatic rings. The number of alkyl halides is 2. The summed E-state index contributed by atoms with van der Waals surface area (Å²) in [6.45, 7) is 0. The van der Waals surface area contributed by atoms with Crippen LogP contribution in [0.2, 0.25) is 5.15 Å². The number of hydrogen-bond acceptors (Lipinski definition) is 2. The lowest BCUT2D eigenvalue weighted by Gasteiger charge is -1.99. The maximum absolute atomic E-state index is 12.7. The molecular weight excluding hydrogens is 207 g/mol. The summed E-state index contributed by atoms with van der Waals surface area (Å²) in [6, 6.07) is 1.94. The first-order valence-corrected chi connectivity index (χ1v) is 3.54. The molecular formula is C7H3ClF3NO. The number of rotatable bonds is 2. The molecule has 1 aromatic rings. The average Bonchev–Trinajstić information content (AvgIpc) is 2.03. The lowest BCUT2D eigenvalue weighted by molar-refractivity contribution is 0.0673. The highest BCUT2D eigenvalue weighted by Gasteiger charge is 2.22. The van der Waals surface area contributed by atoms with E-state index in [2.05, 4.69) is 4.98 Å². The van der Waals surface area contributed by atoms with E-state index in [4.69, 9.17) is 11.6 Å². The minimum absolute atomic E-state index is 0.191. The van der Waals surface area contributed by atoms with Gasteiger partial charge in [0.15, 0.2) is 0 Å². The van der Waals surface area contributed by atoms with Crippen molar-refractivity contribution in [1.82, 2.24) is 4.98 Å². The lowest BCUT2D eigenvalue weighted by atomic mass is 10.2. The second kappa shape index (κ2) is 3.74. The summed E-state index contributed by atoms with van der Waals surface area (Å²) in [4.78, 5) is 13.6. The van der Waals surface area contributed by atoms with Gasteiger partial charge in [-0.15, -0.1) is 0 Å². The van der Waals surface area contributed by atoms with Crippen LogP contribution in [-0.4, -0.2) is 17.2 Å². The zero-order valence-corrected chi connectivity index (χ0v) is 6.86. The largest absolute Gasteiger partial charge is 0.300 e. The molecule has 0 radical (unpaired) electrons. The number of aromatic nitrogens is 1. The highest BCUT2D eigenvalue weighted by atomic mass is 35.5. The third-order valence-electron chi connectivity index (χ3n) is 1.28. The van der Waals surface area contributed by atoms with Crippen LogP contribution in [0.3, 0.4) is 0 Å². The third-order valence-corrected chi connectivity index (χ3v) is 1.49. The molecule has 0 aliphatic carbocycles. The molecule has 70 valence electrons. The fourth-order valence-corrected chi connectivity index (χ4v) is 0.851. The smallest absolute Gasteiger partial charge is 0.288 e. The van der Waals surface area contributed by atoms with Gasteiger partial charge >= 0.3 is 6.43 Å². The SMILES string of the molecule is O=C(c1ccc(Cl)nc1F)C(F)F. The van der Waals surface area contributed by atoms with Crippen molar-refractivity contribution in [3.05, 3.63) is 28.8 Å². The van der Waals surface area contributed by atoms with Gasteiger partial charge in [-0.3, -0.25) is 4.79 Å². The Balaban J connectivity index is 3.09. The molecule has 1 rings (SSSR count). The zero-order chi connectivity index (χ0) is 10.0. The van der Waals surface area contributed by atoms with Crippen LogP contribution in [0.15, 0.2) is 12.1 Å². The number of hydrogen-bond donors (Lipinski definition) is 0. The van der Waals surface area contributed by atoms with Crippen molar-refractivity contribution in [3.8, 4) is 0 Å². The van der Waals surface area contributed by atoms with E-state index in [-0.39, 0.29) is 5.15 Å². The first-order valence-electron chi connectivity index (χ1n) is 3.17. The van der Waals surface area contributed by atoms with Crippen LogP contribution < -0.4 is 0 Å². The van der Waals surface area contributed by atoms with Crippen LogP contribution in [-0.2, 0) is 0 Å². The summed E-state index contributed by atoms with van der Waals surface area (Å²) in [5, 5.41) is -0.191. The predicted molar refractivity (Wildman–Crippen MR) is 39.5 cm³/mol. The van der Waals surface area contributed by atoms with Crippen molar-refractivity contribution in [1.29, 1.82) is 0 Å². The maximum Gasteiger partial charge on any atom is 0.300 e. The first-order chi connectivity index (χ1) is 6.02. The highest BCUT2D eigenvalue weighted by Crippen LogP contribution is 2.13. The Morgan fingerprint density at radius 3 is 2.54 bits per heavy atom. The number of carbonyl (C=O) groups is 1. The summed E-state index contributed by atoms with van der Waals surface area (Å²) in [5.41, 5.74) is -0.751. The molecule has 0 bridgehead atoms. The fourth-order valence-electron chi connectivity index (χ4n) is 0.713. The molecule has 0 atom stereocenters. The van der Waals surface area contributed by atoms with Gasteiger partial charge in [-0.25, -0.2) is 13.8 Å². The second-order valence-corrected chi connectivity index (χ2v) is 2.52. The van der Waals surface area contributed by atoms with Gasteiger partial charge in [-0.1, -0.05) is 11.6 Å². The molecule has 1 heterocycles. The first kappa shape index (κ1) is 9.98. The summed E-state index contributed by atoms with van der Waals surface area (Å²) in [5.74, 6) is -2.88. The number of pyridine rings is 1. The molecule has 0 spiro atoms. The molecule has 13 heavy (non-hydrogen) atoms. The fraction of sp³-hybridized carbons (Fsp3) is 0.143. The van der Waals surface area contributed by atoms with Crippen molar-refractivity contribution < 1.29 is 18.0 Å². The Kier molecular flexibility index (Phi) is 2.87. The summed E-state index contributed by atoms with van der Waals surface area (Å²) in [7, 11) is 0. The number of nitrogens with zero attached hydrogens (tertiary/aromatic N) is 1. The Morgan fingerprint density at radius 2 is 2.08 bits per heavy atom. The molecule has 0 aromatic carbocycles. The predicted octanol–water partition coefficient (Wildman–Crippen LogP) is 2.32. The van der Waals surface area contributed by atoms with E-state index in [0.29, 0.717) is 0 Å². The third kappa shape index (κ3) is 2.18. The standard InChI is InChI=1S/C7H3ClF3NO/c8-4-2-1-3(7(11)12-4)5(13)6(9)10/h1-2,6H. The number of halogens is 4. The molecule has 0 N–H and O–H groups in total. The van der Waals surface area contributed by atoms with Crippen LogP contribution in [0.25, 0.3) is 0 Å². The molecule has 0 unspecified atom stereocenters. The van der Waals surface area contributed by atoms with Gasteiger partial charge in [0.2, 0.25) is 11.7 Å². The van der Waals surface area contributed by atoms with E-state index in [1.165, 1.54) is 0 Å². The zero-order valence-electron chi connectivity index (χ0n) is 6.10. The molecule has 0 saturated carbocycles. The molecule has 1 aromatic heterocycles. The van der Waals surface area contributed by atoms with Crippen LogP contribution in [0.1, 0.15) is 10.4 Å². The van der Waals surface area contributed by atoms with Crippen LogP contribution in [0, 0.1) is 5.95 Å². The van der Waals surface area contributed by atoms with Gasteiger partial charge in [0.05, 0.1) is 5.56 Å². The molecule has 2 nitrogen and oxygen atoms in total. The van der Waals surface area contributed by atoms with Crippen molar-refractivity contribution in [2.75, 3.05) is 0 Å². The van der Waals surface area contributed by atoms with Gasteiger partial charge in [0, 0.05) is 0 Å².